The number of benzene rings is 1. The first-order valence-corrected chi connectivity index (χ1v) is 24.1. The van der Waals surface area contributed by atoms with Crippen molar-refractivity contribution in [2.45, 2.75) is 146 Å². The number of hydrazine groups is 1. The van der Waals surface area contributed by atoms with Crippen LogP contribution in [0.2, 0.25) is 18.1 Å². The smallest absolute Gasteiger partial charge is 0.325 e. The fourth-order valence-corrected chi connectivity index (χ4v) is 8.36. The number of pyridine rings is 1. The van der Waals surface area contributed by atoms with Crippen LogP contribution < -0.4 is 10.7 Å². The van der Waals surface area contributed by atoms with Gasteiger partial charge in [0.1, 0.15) is 18.7 Å². The van der Waals surface area contributed by atoms with E-state index in [1.807, 2.05) is 36.4 Å². The van der Waals surface area contributed by atoms with E-state index in [2.05, 4.69) is 64.5 Å². The predicted octanol–water partition coefficient (Wildman–Crippen LogP) is 8.80. The predicted molar refractivity (Wildman–Crippen MR) is 229 cm³/mol. The average molecular weight is 868 g/mol. The van der Waals surface area contributed by atoms with Crippen LogP contribution in [0.3, 0.4) is 0 Å². The molecule has 2 amide bonds. The number of aromatic nitrogens is 1. The molecule has 15 heteroatoms. The fourth-order valence-electron chi connectivity index (χ4n) is 6.77. The molecule has 1 saturated carbocycles. The molecule has 0 radical (unpaired) electrons. The summed E-state index contributed by atoms with van der Waals surface area (Å²) in [4.78, 5) is 59.2. The van der Waals surface area contributed by atoms with Crippen molar-refractivity contribution in [3.05, 3.63) is 47.7 Å². The van der Waals surface area contributed by atoms with Gasteiger partial charge in [0.15, 0.2) is 14.4 Å². The maximum atomic E-state index is 14.5. The zero-order chi connectivity index (χ0) is 42.5. The molecule has 316 valence electrons. The number of hydrogen-bond donors (Lipinski definition) is 2. The van der Waals surface area contributed by atoms with Crippen molar-refractivity contribution in [2.24, 2.45) is 11.3 Å². The molecule has 2 fully saturated rings. The van der Waals surface area contributed by atoms with Crippen molar-refractivity contribution in [1.29, 1.82) is 0 Å². The first kappa shape index (κ1) is 46.9. The molecule has 0 spiro atoms. The monoisotopic (exact) mass is 866 g/mol. The zero-order valence-electron chi connectivity index (χ0n) is 35.0. The number of ether oxygens (including phenoxy) is 2. The second-order valence-corrected chi connectivity index (χ2v) is 25.0. The molecular formula is C42H61Cl3N4O7Si. The molecule has 1 aromatic heterocycles. The third-order valence-electron chi connectivity index (χ3n) is 11.4. The summed E-state index contributed by atoms with van der Waals surface area (Å²) in [6.07, 6.45) is 5.93. The van der Waals surface area contributed by atoms with Crippen LogP contribution in [0, 0.1) is 11.3 Å². The highest BCUT2D eigenvalue weighted by Crippen LogP contribution is 2.44. The summed E-state index contributed by atoms with van der Waals surface area (Å²) >= 11 is 17.1. The molecule has 3 atom stereocenters. The average Bonchev–Trinajstić information content (AvgIpc) is 3.13. The Morgan fingerprint density at radius 1 is 1.02 bits per heavy atom. The maximum Gasteiger partial charge on any atom is 0.325 e. The highest BCUT2D eigenvalue weighted by molar-refractivity contribution is 6.74. The van der Waals surface area contributed by atoms with Crippen molar-refractivity contribution in [2.75, 3.05) is 13.2 Å². The Kier molecular flexibility index (Phi) is 15.7. The van der Waals surface area contributed by atoms with Gasteiger partial charge in [-0.15, -0.1) is 0 Å². The first-order chi connectivity index (χ1) is 26.4. The van der Waals surface area contributed by atoms with Gasteiger partial charge in [0.2, 0.25) is 3.79 Å². The number of esters is 2. The summed E-state index contributed by atoms with van der Waals surface area (Å²) in [5.41, 5.74) is 4.64. The molecule has 2 aromatic rings. The summed E-state index contributed by atoms with van der Waals surface area (Å²) in [5.74, 6) is -2.34. The topological polar surface area (TPSA) is 136 Å². The van der Waals surface area contributed by atoms with E-state index in [4.69, 9.17) is 53.7 Å². The lowest BCUT2D eigenvalue weighted by molar-refractivity contribution is -0.168. The standard InChI is InChI=1S/C42H61Cl3N4O7Si/c1-26(2)32-16-15-30-14-13-29(24-34(30)47-32)17-20-41(21-18-31(19-22-41)56-57(9,10)40(6,7)8)39(53)55-35(27(3)4)36(50)46-28(5)37(51)49-23-11-12-33(48-49)38(52)54-25-42(43,44)45/h13-17,20,24,26-28,31,33,35,48H,11-12,18-19,21-23,25H2,1-10H3,(H,46,50)/b20-17+/t28-,31?,33-,35-,41?/m0/s1. The molecule has 2 aliphatic rings. The van der Waals surface area contributed by atoms with Gasteiger partial charge in [0, 0.05) is 23.7 Å². The van der Waals surface area contributed by atoms with Gasteiger partial charge >= 0.3 is 11.9 Å². The quantitative estimate of drug-likeness (QED) is 0.115. The maximum absolute atomic E-state index is 14.5. The number of rotatable bonds is 13. The molecule has 57 heavy (non-hydrogen) atoms. The highest BCUT2D eigenvalue weighted by Gasteiger charge is 2.46. The van der Waals surface area contributed by atoms with E-state index >= 15 is 0 Å². The van der Waals surface area contributed by atoms with Crippen LogP contribution in [0.25, 0.3) is 17.0 Å². The van der Waals surface area contributed by atoms with Gasteiger partial charge in [-0.2, -0.15) is 0 Å². The van der Waals surface area contributed by atoms with Crippen molar-refractivity contribution in [3.63, 3.8) is 0 Å². The number of nitrogens with zero attached hydrogens (tertiary/aromatic N) is 2. The minimum atomic E-state index is -2.06. The van der Waals surface area contributed by atoms with Gasteiger partial charge in [0.25, 0.3) is 11.8 Å². The number of amides is 2. The van der Waals surface area contributed by atoms with Gasteiger partial charge < -0.3 is 19.2 Å². The molecule has 4 rings (SSSR count). The lowest BCUT2D eigenvalue weighted by atomic mass is 9.72. The van der Waals surface area contributed by atoms with E-state index in [-0.39, 0.29) is 17.1 Å². The Morgan fingerprint density at radius 3 is 2.26 bits per heavy atom. The number of halogens is 3. The van der Waals surface area contributed by atoms with Gasteiger partial charge in [-0.1, -0.05) is 114 Å². The van der Waals surface area contributed by atoms with Crippen LogP contribution >= 0.6 is 34.8 Å². The molecule has 2 heterocycles. The van der Waals surface area contributed by atoms with E-state index in [9.17, 15) is 19.2 Å². The first-order valence-electron chi connectivity index (χ1n) is 20.0. The van der Waals surface area contributed by atoms with Gasteiger partial charge in [-0.25, -0.2) is 5.43 Å². The molecule has 1 aliphatic heterocycles. The van der Waals surface area contributed by atoms with E-state index < -0.39 is 72.0 Å². The molecule has 2 N–H and O–H groups in total. The van der Waals surface area contributed by atoms with Crippen molar-refractivity contribution in [3.8, 4) is 0 Å². The minimum Gasteiger partial charge on any atom is -0.460 e. The number of carbonyl (C=O) groups excluding carboxylic acids is 4. The minimum absolute atomic E-state index is 0.00925. The van der Waals surface area contributed by atoms with Gasteiger partial charge in [-0.05, 0) is 93.1 Å². The molecule has 11 nitrogen and oxygen atoms in total. The Labute approximate surface area is 354 Å². The summed E-state index contributed by atoms with van der Waals surface area (Å²) in [6, 6.07) is 8.35. The van der Waals surface area contributed by atoms with E-state index in [0.717, 1.165) is 22.2 Å². The van der Waals surface area contributed by atoms with Crippen LogP contribution in [0.1, 0.15) is 111 Å². The lowest BCUT2D eigenvalue weighted by Crippen LogP contribution is -2.60. The number of fused-ring (bicyclic) bond motifs is 1. The number of nitrogens with one attached hydrogen (secondary N) is 2. The third kappa shape index (κ3) is 12.6. The van der Waals surface area contributed by atoms with Crippen LogP contribution in [0.5, 0.6) is 0 Å². The highest BCUT2D eigenvalue weighted by atomic mass is 35.6. The van der Waals surface area contributed by atoms with Gasteiger partial charge in [0.05, 0.1) is 10.9 Å². The molecule has 1 saturated heterocycles. The van der Waals surface area contributed by atoms with Crippen molar-refractivity contribution < 1.29 is 33.1 Å². The lowest BCUT2D eigenvalue weighted by Gasteiger charge is -2.43. The van der Waals surface area contributed by atoms with E-state index in [1.165, 1.54) is 5.01 Å². The number of carbonyl (C=O) groups is 4. The van der Waals surface area contributed by atoms with Gasteiger partial charge in [-0.3, -0.25) is 29.2 Å². The SMILES string of the molecule is CC(C)c1ccc2ccc(/C=C/C3(C(=O)O[C@H](C(=O)N[C@@H](C)C(=O)N4CCC[C@@H](C(=O)OCC(Cl)(Cl)Cl)N4)C(C)C)CCC(O[Si](C)(C)C(C)(C)C)CC3)cc2n1. The van der Waals surface area contributed by atoms with E-state index in [0.29, 0.717) is 45.1 Å². The zero-order valence-corrected chi connectivity index (χ0v) is 38.3. The summed E-state index contributed by atoms with van der Waals surface area (Å²) in [6.45, 7) is 20.3. The fraction of sp³-hybridized carbons (Fsp3) is 0.643. The number of hydrogen-bond acceptors (Lipinski definition) is 9. The van der Waals surface area contributed by atoms with Crippen molar-refractivity contribution in [1.82, 2.24) is 20.7 Å². The second-order valence-electron chi connectivity index (χ2n) is 17.7. The van der Waals surface area contributed by atoms with Crippen LogP contribution in [0.4, 0.5) is 0 Å². The number of alkyl halides is 3. The third-order valence-corrected chi connectivity index (χ3v) is 16.2. The van der Waals surface area contributed by atoms with Crippen molar-refractivity contribution >= 4 is 83.9 Å². The summed E-state index contributed by atoms with van der Waals surface area (Å²) in [7, 11) is -2.06. The molecule has 0 bridgehead atoms. The second kappa shape index (κ2) is 19.1. The van der Waals surface area contributed by atoms with E-state index in [1.54, 1.807) is 20.8 Å². The van der Waals surface area contributed by atoms with Crippen LogP contribution in [0.15, 0.2) is 36.4 Å². The molecular weight excluding hydrogens is 807 g/mol. The molecule has 1 aliphatic carbocycles. The Morgan fingerprint density at radius 2 is 1.67 bits per heavy atom. The Balaban J connectivity index is 1.52. The van der Waals surface area contributed by atoms with Crippen LogP contribution in [-0.4, -0.2) is 83.3 Å². The molecule has 1 aromatic carbocycles. The normalized spacial score (nSPS) is 22.1. The molecule has 0 unspecified atom stereocenters. The summed E-state index contributed by atoms with van der Waals surface area (Å²) in [5, 5.41) is 5.10. The Bertz CT molecular complexity index is 1780. The summed E-state index contributed by atoms with van der Waals surface area (Å²) < 4.78 is 16.3. The largest absolute Gasteiger partial charge is 0.460 e. The van der Waals surface area contributed by atoms with Crippen LogP contribution in [-0.2, 0) is 33.1 Å². The Hall–Kier alpha value is -2.74.